The number of nitrogens with one attached hydrogen (secondary N) is 4. The Morgan fingerprint density at radius 3 is 2.22 bits per heavy atom. The predicted octanol–water partition coefficient (Wildman–Crippen LogP) is 3.51. The molecule has 0 radical (unpaired) electrons. The lowest BCUT2D eigenvalue weighted by Gasteiger charge is -2.15. The minimum absolute atomic E-state index is 0.00686. The zero-order valence-electron chi connectivity index (χ0n) is 15.5. The van der Waals surface area contributed by atoms with Crippen LogP contribution < -0.4 is 21.3 Å². The average molecular weight is 366 g/mol. The SMILES string of the molecule is CC(NC(=O)CNCC1CC1)c1ccc(NC(=O)Nc2ccccc2)cc1. The predicted molar refractivity (Wildman–Crippen MR) is 108 cm³/mol. The summed E-state index contributed by atoms with van der Waals surface area (Å²) in [5.41, 5.74) is 2.41. The molecule has 1 fully saturated rings. The molecule has 6 nitrogen and oxygen atoms in total. The van der Waals surface area contributed by atoms with E-state index in [4.69, 9.17) is 0 Å². The van der Waals surface area contributed by atoms with E-state index < -0.39 is 0 Å². The van der Waals surface area contributed by atoms with Crippen molar-refractivity contribution < 1.29 is 9.59 Å². The Kier molecular flexibility index (Phi) is 6.44. The molecular formula is C21H26N4O2. The lowest BCUT2D eigenvalue weighted by atomic mass is 10.1. The van der Waals surface area contributed by atoms with E-state index in [0.29, 0.717) is 12.2 Å². The molecule has 3 amide bonds. The van der Waals surface area contributed by atoms with Crippen molar-refractivity contribution in [2.45, 2.75) is 25.8 Å². The van der Waals surface area contributed by atoms with Gasteiger partial charge in [-0.15, -0.1) is 0 Å². The van der Waals surface area contributed by atoms with Crippen LogP contribution in [0.25, 0.3) is 0 Å². The van der Waals surface area contributed by atoms with Crippen molar-refractivity contribution in [1.82, 2.24) is 10.6 Å². The molecule has 2 aromatic rings. The van der Waals surface area contributed by atoms with E-state index >= 15 is 0 Å². The normalized spacial score (nSPS) is 14.3. The van der Waals surface area contributed by atoms with Gasteiger partial charge in [0.25, 0.3) is 0 Å². The molecule has 1 aliphatic rings. The Hall–Kier alpha value is -2.86. The summed E-state index contributed by atoms with van der Waals surface area (Å²) in [6.45, 7) is 3.22. The van der Waals surface area contributed by atoms with Crippen molar-refractivity contribution in [1.29, 1.82) is 0 Å². The van der Waals surface area contributed by atoms with Gasteiger partial charge in [0.05, 0.1) is 12.6 Å². The number of para-hydroxylation sites is 1. The topological polar surface area (TPSA) is 82.3 Å². The molecule has 142 valence electrons. The third-order valence-corrected chi connectivity index (χ3v) is 4.49. The van der Waals surface area contributed by atoms with Gasteiger partial charge in [0.2, 0.25) is 5.91 Å². The summed E-state index contributed by atoms with van der Waals surface area (Å²) in [5.74, 6) is 0.752. The fourth-order valence-corrected chi connectivity index (χ4v) is 2.76. The van der Waals surface area contributed by atoms with Gasteiger partial charge in [-0.25, -0.2) is 4.79 Å². The van der Waals surface area contributed by atoms with Crippen LogP contribution in [0.15, 0.2) is 54.6 Å². The number of rotatable bonds is 8. The van der Waals surface area contributed by atoms with Gasteiger partial charge in [0.1, 0.15) is 0 Å². The van der Waals surface area contributed by atoms with Crippen molar-refractivity contribution in [2.75, 3.05) is 23.7 Å². The summed E-state index contributed by atoms with van der Waals surface area (Å²) < 4.78 is 0. The van der Waals surface area contributed by atoms with Gasteiger partial charge in [-0.3, -0.25) is 4.79 Å². The van der Waals surface area contributed by atoms with Gasteiger partial charge < -0.3 is 21.3 Å². The Balaban J connectivity index is 1.44. The summed E-state index contributed by atoms with van der Waals surface area (Å²) in [4.78, 5) is 24.0. The molecule has 1 unspecified atom stereocenters. The van der Waals surface area contributed by atoms with E-state index in [-0.39, 0.29) is 18.0 Å². The minimum Gasteiger partial charge on any atom is -0.348 e. The molecule has 4 N–H and O–H groups in total. The highest BCUT2D eigenvalue weighted by Crippen LogP contribution is 2.27. The van der Waals surface area contributed by atoms with Crippen molar-refractivity contribution >= 4 is 23.3 Å². The Labute approximate surface area is 159 Å². The van der Waals surface area contributed by atoms with E-state index in [1.807, 2.05) is 61.5 Å². The molecule has 1 saturated carbocycles. The number of benzene rings is 2. The third-order valence-electron chi connectivity index (χ3n) is 4.49. The number of anilines is 2. The average Bonchev–Trinajstić information content (AvgIpc) is 3.47. The summed E-state index contributed by atoms with van der Waals surface area (Å²) in [6.07, 6.45) is 2.55. The molecular weight excluding hydrogens is 340 g/mol. The number of amides is 3. The second kappa shape index (κ2) is 9.19. The molecule has 0 aromatic heterocycles. The molecule has 0 heterocycles. The zero-order chi connectivity index (χ0) is 19.1. The molecule has 1 atom stereocenters. The number of carbonyl (C=O) groups excluding carboxylic acids is 2. The summed E-state index contributed by atoms with van der Waals surface area (Å²) in [7, 11) is 0. The second-order valence-electron chi connectivity index (χ2n) is 6.93. The first-order chi connectivity index (χ1) is 13.1. The van der Waals surface area contributed by atoms with Crippen LogP contribution in [0.1, 0.15) is 31.4 Å². The number of carbonyl (C=O) groups is 2. The maximum atomic E-state index is 12.0. The summed E-state index contributed by atoms with van der Waals surface area (Å²) in [5, 5.41) is 11.7. The molecule has 6 heteroatoms. The molecule has 1 aliphatic carbocycles. The first-order valence-corrected chi connectivity index (χ1v) is 9.33. The first-order valence-electron chi connectivity index (χ1n) is 9.33. The van der Waals surface area contributed by atoms with Crippen LogP contribution in [-0.2, 0) is 4.79 Å². The van der Waals surface area contributed by atoms with Crippen molar-refractivity contribution in [3.8, 4) is 0 Å². The van der Waals surface area contributed by atoms with Gasteiger partial charge in [0.15, 0.2) is 0 Å². The lowest BCUT2D eigenvalue weighted by molar-refractivity contribution is -0.120. The largest absolute Gasteiger partial charge is 0.348 e. The van der Waals surface area contributed by atoms with Gasteiger partial charge in [0, 0.05) is 11.4 Å². The highest BCUT2D eigenvalue weighted by Gasteiger charge is 2.20. The van der Waals surface area contributed by atoms with Crippen molar-refractivity contribution in [3.63, 3.8) is 0 Å². The number of urea groups is 1. The van der Waals surface area contributed by atoms with Gasteiger partial charge >= 0.3 is 6.03 Å². The fraction of sp³-hybridized carbons (Fsp3) is 0.333. The lowest BCUT2D eigenvalue weighted by Crippen LogP contribution is -2.36. The molecule has 0 spiro atoms. The molecule has 0 bridgehead atoms. The number of hydrogen-bond donors (Lipinski definition) is 4. The smallest absolute Gasteiger partial charge is 0.323 e. The minimum atomic E-state index is -0.294. The number of hydrogen-bond acceptors (Lipinski definition) is 3. The molecule has 3 rings (SSSR count). The highest BCUT2D eigenvalue weighted by molar-refractivity contribution is 5.99. The van der Waals surface area contributed by atoms with Gasteiger partial charge in [-0.1, -0.05) is 30.3 Å². The maximum absolute atomic E-state index is 12.0. The summed E-state index contributed by atoms with van der Waals surface area (Å²) in [6, 6.07) is 16.3. The van der Waals surface area contributed by atoms with E-state index in [9.17, 15) is 9.59 Å². The molecule has 0 saturated heterocycles. The van der Waals surface area contributed by atoms with Crippen LogP contribution in [0, 0.1) is 5.92 Å². The van der Waals surface area contributed by atoms with Crippen LogP contribution in [0.3, 0.4) is 0 Å². The maximum Gasteiger partial charge on any atom is 0.323 e. The summed E-state index contributed by atoms with van der Waals surface area (Å²) >= 11 is 0. The zero-order valence-corrected chi connectivity index (χ0v) is 15.5. The van der Waals surface area contributed by atoms with Crippen LogP contribution >= 0.6 is 0 Å². The molecule has 0 aliphatic heterocycles. The quantitative estimate of drug-likeness (QED) is 0.577. The molecule has 2 aromatic carbocycles. The van der Waals surface area contributed by atoms with Crippen molar-refractivity contribution in [2.24, 2.45) is 5.92 Å². The van der Waals surface area contributed by atoms with Crippen LogP contribution in [0.5, 0.6) is 0 Å². The monoisotopic (exact) mass is 366 g/mol. The van der Waals surface area contributed by atoms with E-state index in [2.05, 4.69) is 21.3 Å². The van der Waals surface area contributed by atoms with E-state index in [0.717, 1.165) is 23.7 Å². The standard InChI is InChI=1S/C21H26N4O2/c1-15(23-20(26)14-22-13-16-7-8-16)17-9-11-19(12-10-17)25-21(27)24-18-5-3-2-4-6-18/h2-6,9-12,15-16,22H,7-8,13-14H2,1H3,(H,23,26)(H2,24,25,27). The second-order valence-corrected chi connectivity index (χ2v) is 6.93. The fourth-order valence-electron chi connectivity index (χ4n) is 2.76. The Bertz CT molecular complexity index is 758. The third kappa shape index (κ3) is 6.42. The first kappa shape index (κ1) is 18.9. The Morgan fingerprint density at radius 2 is 1.59 bits per heavy atom. The van der Waals surface area contributed by atoms with Gasteiger partial charge in [-0.2, -0.15) is 0 Å². The Morgan fingerprint density at radius 1 is 0.963 bits per heavy atom. The molecule has 27 heavy (non-hydrogen) atoms. The highest BCUT2D eigenvalue weighted by atomic mass is 16.2. The van der Waals surface area contributed by atoms with Gasteiger partial charge in [-0.05, 0) is 62.1 Å². The van der Waals surface area contributed by atoms with Crippen molar-refractivity contribution in [3.05, 3.63) is 60.2 Å². The van der Waals surface area contributed by atoms with Crippen LogP contribution in [-0.4, -0.2) is 25.0 Å². The van der Waals surface area contributed by atoms with Crippen LogP contribution in [0.4, 0.5) is 16.2 Å². The van der Waals surface area contributed by atoms with E-state index in [1.165, 1.54) is 12.8 Å². The van der Waals surface area contributed by atoms with E-state index in [1.54, 1.807) is 0 Å². The van der Waals surface area contributed by atoms with Crippen LogP contribution in [0.2, 0.25) is 0 Å².